The van der Waals surface area contributed by atoms with Crippen LogP contribution in [0.3, 0.4) is 0 Å². The number of nitrogens with zero attached hydrogens (tertiary/aromatic N) is 2. The number of hydrogen-bond donors (Lipinski definition) is 1. The van der Waals surface area contributed by atoms with E-state index in [0.29, 0.717) is 5.56 Å². The molecular formula is C9H15N3O. The van der Waals surface area contributed by atoms with Crippen molar-refractivity contribution in [1.82, 2.24) is 9.78 Å². The molecule has 1 aromatic heterocycles. The van der Waals surface area contributed by atoms with E-state index in [4.69, 9.17) is 5.73 Å². The van der Waals surface area contributed by atoms with Crippen molar-refractivity contribution < 1.29 is 4.79 Å². The molecule has 2 N–H and O–H groups in total. The lowest BCUT2D eigenvalue weighted by Crippen LogP contribution is -2.27. The second-order valence-electron chi connectivity index (χ2n) is 3.32. The molecule has 4 nitrogen and oxygen atoms in total. The number of Topliss-reactive ketones (excluding diaryl/α,β-unsaturated/α-hetero) is 1. The van der Waals surface area contributed by atoms with Gasteiger partial charge in [-0.05, 0) is 20.8 Å². The number of nitrogens with two attached hydrogens (primary N) is 1. The van der Waals surface area contributed by atoms with Gasteiger partial charge in [-0.3, -0.25) is 9.48 Å². The minimum absolute atomic E-state index is 0.0388. The van der Waals surface area contributed by atoms with Gasteiger partial charge in [0.05, 0.1) is 17.3 Å². The predicted octanol–water partition coefficient (Wildman–Crippen LogP) is 0.567. The Morgan fingerprint density at radius 3 is 2.38 bits per heavy atom. The third-order valence-electron chi connectivity index (χ3n) is 2.17. The first-order chi connectivity index (χ1) is 5.95. The largest absolute Gasteiger partial charge is 0.321 e. The van der Waals surface area contributed by atoms with Gasteiger partial charge in [0.25, 0.3) is 0 Å². The minimum Gasteiger partial charge on any atom is -0.321 e. The van der Waals surface area contributed by atoms with Gasteiger partial charge in [-0.2, -0.15) is 5.10 Å². The molecule has 0 amide bonds. The lowest BCUT2D eigenvalue weighted by atomic mass is 10.0. The molecule has 0 spiro atoms. The van der Waals surface area contributed by atoms with Gasteiger partial charge in [-0.25, -0.2) is 0 Å². The molecule has 1 heterocycles. The van der Waals surface area contributed by atoms with Crippen LogP contribution in [0.4, 0.5) is 0 Å². The quantitative estimate of drug-likeness (QED) is 0.678. The molecule has 0 saturated carbocycles. The van der Waals surface area contributed by atoms with Crippen LogP contribution in [0.15, 0.2) is 0 Å². The molecule has 0 aromatic carbocycles. The summed E-state index contributed by atoms with van der Waals surface area (Å²) in [6, 6.07) is -0.457. The molecule has 72 valence electrons. The standard InChI is InChI=1S/C9H15N3O/c1-5(10)9(13)8-6(2)11-12(4)7(8)3/h5H,10H2,1-4H3. The Kier molecular flexibility index (Phi) is 2.52. The van der Waals surface area contributed by atoms with Crippen LogP contribution in [0.1, 0.15) is 28.7 Å². The van der Waals surface area contributed by atoms with E-state index >= 15 is 0 Å². The van der Waals surface area contributed by atoms with E-state index in [0.717, 1.165) is 11.4 Å². The molecule has 0 saturated heterocycles. The zero-order chi connectivity index (χ0) is 10.2. The lowest BCUT2D eigenvalue weighted by molar-refractivity contribution is 0.0966. The fraction of sp³-hybridized carbons (Fsp3) is 0.556. The van der Waals surface area contributed by atoms with Crippen LogP contribution in [0, 0.1) is 13.8 Å². The van der Waals surface area contributed by atoms with Crippen LogP contribution < -0.4 is 5.73 Å². The average Bonchev–Trinajstić information content (AvgIpc) is 2.26. The average molecular weight is 181 g/mol. The molecule has 0 aliphatic heterocycles. The first-order valence-corrected chi connectivity index (χ1v) is 4.25. The molecule has 4 heteroatoms. The van der Waals surface area contributed by atoms with Crippen molar-refractivity contribution in [1.29, 1.82) is 0 Å². The van der Waals surface area contributed by atoms with Crippen LogP contribution in [0.5, 0.6) is 0 Å². The Balaban J connectivity index is 3.21. The van der Waals surface area contributed by atoms with E-state index in [-0.39, 0.29) is 5.78 Å². The van der Waals surface area contributed by atoms with Crippen molar-refractivity contribution in [3.63, 3.8) is 0 Å². The second kappa shape index (κ2) is 3.30. The van der Waals surface area contributed by atoms with Gasteiger partial charge in [0.1, 0.15) is 0 Å². The highest BCUT2D eigenvalue weighted by Gasteiger charge is 2.19. The number of carbonyl (C=O) groups excluding carboxylic acids is 1. The molecule has 0 aliphatic rings. The van der Waals surface area contributed by atoms with Crippen molar-refractivity contribution in [2.75, 3.05) is 0 Å². The van der Waals surface area contributed by atoms with E-state index in [1.807, 2.05) is 20.9 Å². The number of aryl methyl sites for hydroxylation is 2. The Morgan fingerprint density at radius 2 is 2.08 bits per heavy atom. The van der Waals surface area contributed by atoms with Crippen molar-refractivity contribution in [2.45, 2.75) is 26.8 Å². The van der Waals surface area contributed by atoms with Gasteiger partial charge in [-0.15, -0.1) is 0 Å². The maximum atomic E-state index is 11.6. The smallest absolute Gasteiger partial charge is 0.182 e. The third-order valence-corrected chi connectivity index (χ3v) is 2.17. The Bertz CT molecular complexity index is 339. The zero-order valence-electron chi connectivity index (χ0n) is 8.46. The normalized spacial score (nSPS) is 13.0. The topological polar surface area (TPSA) is 60.9 Å². The van der Waals surface area contributed by atoms with E-state index in [9.17, 15) is 4.79 Å². The summed E-state index contributed by atoms with van der Waals surface area (Å²) in [6.07, 6.45) is 0. The molecular weight excluding hydrogens is 166 g/mol. The van der Waals surface area contributed by atoms with E-state index < -0.39 is 6.04 Å². The van der Waals surface area contributed by atoms with Gasteiger partial charge in [0.2, 0.25) is 0 Å². The summed E-state index contributed by atoms with van der Waals surface area (Å²) in [5.74, 6) is -0.0388. The summed E-state index contributed by atoms with van der Waals surface area (Å²) < 4.78 is 1.70. The third kappa shape index (κ3) is 1.62. The van der Waals surface area contributed by atoms with Crippen LogP contribution in [-0.4, -0.2) is 21.6 Å². The summed E-state index contributed by atoms with van der Waals surface area (Å²) in [7, 11) is 1.82. The van der Waals surface area contributed by atoms with Crippen LogP contribution in [0.2, 0.25) is 0 Å². The molecule has 13 heavy (non-hydrogen) atoms. The second-order valence-corrected chi connectivity index (χ2v) is 3.32. The molecule has 0 bridgehead atoms. The first-order valence-electron chi connectivity index (χ1n) is 4.25. The molecule has 1 atom stereocenters. The summed E-state index contributed by atoms with van der Waals surface area (Å²) in [5, 5.41) is 4.15. The lowest BCUT2D eigenvalue weighted by Gasteiger charge is -2.03. The summed E-state index contributed by atoms with van der Waals surface area (Å²) in [6.45, 7) is 5.38. The summed E-state index contributed by atoms with van der Waals surface area (Å²) >= 11 is 0. The zero-order valence-corrected chi connectivity index (χ0v) is 8.46. The number of carbonyl (C=O) groups is 1. The van der Waals surface area contributed by atoms with Gasteiger partial charge < -0.3 is 5.73 Å². The number of aromatic nitrogens is 2. The molecule has 0 fully saturated rings. The summed E-state index contributed by atoms with van der Waals surface area (Å²) in [5.41, 5.74) is 7.82. The van der Waals surface area contributed by atoms with Crippen molar-refractivity contribution >= 4 is 5.78 Å². The monoisotopic (exact) mass is 181 g/mol. The summed E-state index contributed by atoms with van der Waals surface area (Å²) in [4.78, 5) is 11.6. The van der Waals surface area contributed by atoms with E-state index in [2.05, 4.69) is 5.10 Å². The number of hydrogen-bond acceptors (Lipinski definition) is 3. The van der Waals surface area contributed by atoms with Gasteiger partial charge in [0.15, 0.2) is 5.78 Å². The predicted molar refractivity (Wildman–Crippen MR) is 50.7 cm³/mol. The first kappa shape index (κ1) is 9.92. The fourth-order valence-corrected chi connectivity index (χ4v) is 1.36. The molecule has 0 radical (unpaired) electrons. The van der Waals surface area contributed by atoms with E-state index in [1.54, 1.807) is 11.6 Å². The van der Waals surface area contributed by atoms with Crippen molar-refractivity contribution in [3.05, 3.63) is 17.0 Å². The molecule has 1 rings (SSSR count). The Morgan fingerprint density at radius 1 is 1.54 bits per heavy atom. The van der Waals surface area contributed by atoms with Gasteiger partial charge >= 0.3 is 0 Å². The minimum atomic E-state index is -0.457. The molecule has 0 aliphatic carbocycles. The van der Waals surface area contributed by atoms with Gasteiger partial charge in [0, 0.05) is 12.7 Å². The van der Waals surface area contributed by atoms with Gasteiger partial charge in [-0.1, -0.05) is 0 Å². The van der Waals surface area contributed by atoms with Crippen molar-refractivity contribution in [2.24, 2.45) is 12.8 Å². The van der Waals surface area contributed by atoms with Crippen LogP contribution >= 0.6 is 0 Å². The number of ketones is 1. The van der Waals surface area contributed by atoms with Crippen LogP contribution in [0.25, 0.3) is 0 Å². The van der Waals surface area contributed by atoms with E-state index in [1.165, 1.54) is 0 Å². The molecule has 1 aromatic rings. The maximum Gasteiger partial charge on any atom is 0.182 e. The Hall–Kier alpha value is -1.16. The highest BCUT2D eigenvalue weighted by molar-refractivity contribution is 6.01. The number of rotatable bonds is 2. The Labute approximate surface area is 77.7 Å². The maximum absolute atomic E-state index is 11.6. The van der Waals surface area contributed by atoms with Crippen molar-refractivity contribution in [3.8, 4) is 0 Å². The fourth-order valence-electron chi connectivity index (χ4n) is 1.36. The highest BCUT2D eigenvalue weighted by Crippen LogP contribution is 2.13. The SMILES string of the molecule is Cc1nn(C)c(C)c1C(=O)C(C)N. The van der Waals surface area contributed by atoms with Crippen LogP contribution in [-0.2, 0) is 7.05 Å². The molecule has 1 unspecified atom stereocenters. The highest BCUT2D eigenvalue weighted by atomic mass is 16.1.